The van der Waals surface area contributed by atoms with Gasteiger partial charge in [-0.3, -0.25) is 9.78 Å². The molecule has 0 spiro atoms. The van der Waals surface area contributed by atoms with Crippen LogP contribution in [-0.2, 0) is 6.54 Å². The van der Waals surface area contributed by atoms with Crippen molar-refractivity contribution in [3.8, 4) is 16.9 Å². The molecule has 1 aromatic carbocycles. The Morgan fingerprint density at radius 1 is 1.14 bits per heavy atom. The molecule has 3 heterocycles. The van der Waals surface area contributed by atoms with E-state index in [1.807, 2.05) is 57.2 Å². The van der Waals surface area contributed by atoms with E-state index < -0.39 is 0 Å². The average Bonchev–Trinajstić information content (AvgIpc) is 3.03. The molecule has 142 valence electrons. The Bertz CT molecular complexity index is 1200. The minimum atomic E-state index is -0.0368. The van der Waals surface area contributed by atoms with Crippen LogP contribution in [0.5, 0.6) is 5.75 Å². The molecule has 28 heavy (non-hydrogen) atoms. The van der Waals surface area contributed by atoms with Crippen LogP contribution in [0.4, 0.5) is 0 Å². The second kappa shape index (κ2) is 6.96. The molecule has 0 saturated carbocycles. The first kappa shape index (κ1) is 18.0. The number of methoxy groups -OCH3 is 1. The van der Waals surface area contributed by atoms with Crippen molar-refractivity contribution in [3.63, 3.8) is 0 Å². The van der Waals surface area contributed by atoms with E-state index in [1.165, 1.54) is 0 Å². The van der Waals surface area contributed by atoms with Gasteiger partial charge in [-0.25, -0.2) is 0 Å². The summed E-state index contributed by atoms with van der Waals surface area (Å²) in [5.74, 6) is 1.40. The lowest BCUT2D eigenvalue weighted by atomic mass is 9.99. The van der Waals surface area contributed by atoms with Gasteiger partial charge in [0.1, 0.15) is 11.5 Å². The zero-order chi connectivity index (χ0) is 19.8. The van der Waals surface area contributed by atoms with Crippen LogP contribution in [0.3, 0.4) is 0 Å². The summed E-state index contributed by atoms with van der Waals surface area (Å²) in [6, 6.07) is 11.5. The standard InChI is InChI=1S/C22H21N3O3/c1-13-9-16-10-18(21-14(2)24-28-15(21)3)20(27-4)11-19(16)25(22(13)26)12-17-7-5-6-8-23-17/h5-11H,12H2,1-4H3. The lowest BCUT2D eigenvalue weighted by molar-refractivity contribution is 0.393. The molecular weight excluding hydrogens is 354 g/mol. The molecule has 0 aliphatic rings. The first-order valence-electron chi connectivity index (χ1n) is 9.05. The number of hydrogen-bond donors (Lipinski definition) is 0. The lowest BCUT2D eigenvalue weighted by Gasteiger charge is -2.15. The molecular formula is C22H21N3O3. The van der Waals surface area contributed by atoms with Crippen LogP contribution in [0.25, 0.3) is 22.0 Å². The van der Waals surface area contributed by atoms with Gasteiger partial charge in [0.2, 0.25) is 0 Å². The molecule has 0 amide bonds. The van der Waals surface area contributed by atoms with E-state index in [0.29, 0.717) is 17.9 Å². The predicted molar refractivity (Wildman–Crippen MR) is 108 cm³/mol. The van der Waals surface area contributed by atoms with Gasteiger partial charge in [0.05, 0.1) is 36.1 Å². The Kier molecular flexibility index (Phi) is 4.47. The number of nitrogens with zero attached hydrogens (tertiary/aromatic N) is 3. The van der Waals surface area contributed by atoms with Gasteiger partial charge in [0.15, 0.2) is 0 Å². The summed E-state index contributed by atoms with van der Waals surface area (Å²) in [5, 5.41) is 5.01. The number of rotatable bonds is 4. The molecule has 0 N–H and O–H groups in total. The second-order valence-electron chi connectivity index (χ2n) is 6.85. The van der Waals surface area contributed by atoms with E-state index >= 15 is 0 Å². The van der Waals surface area contributed by atoms with E-state index in [1.54, 1.807) is 17.9 Å². The van der Waals surface area contributed by atoms with Crippen LogP contribution < -0.4 is 10.3 Å². The van der Waals surface area contributed by atoms with Gasteiger partial charge in [0.25, 0.3) is 5.56 Å². The molecule has 0 fully saturated rings. The van der Waals surface area contributed by atoms with Gasteiger partial charge in [-0.1, -0.05) is 11.2 Å². The molecule has 0 bridgehead atoms. The number of aryl methyl sites for hydroxylation is 3. The number of fused-ring (bicyclic) bond motifs is 1. The minimum absolute atomic E-state index is 0.0368. The highest BCUT2D eigenvalue weighted by Crippen LogP contribution is 2.37. The smallest absolute Gasteiger partial charge is 0.254 e. The van der Waals surface area contributed by atoms with Crippen LogP contribution in [-0.4, -0.2) is 21.8 Å². The first-order chi connectivity index (χ1) is 13.5. The molecule has 0 saturated heterocycles. The fourth-order valence-electron chi connectivity index (χ4n) is 3.59. The van der Waals surface area contributed by atoms with Crippen molar-refractivity contribution in [2.24, 2.45) is 0 Å². The number of aromatic nitrogens is 3. The summed E-state index contributed by atoms with van der Waals surface area (Å²) in [7, 11) is 1.62. The molecule has 0 unspecified atom stereocenters. The Labute approximate surface area is 162 Å². The third-order valence-corrected chi connectivity index (χ3v) is 4.94. The Morgan fingerprint density at radius 2 is 1.96 bits per heavy atom. The van der Waals surface area contributed by atoms with Crippen molar-refractivity contribution in [2.45, 2.75) is 27.3 Å². The molecule has 0 radical (unpaired) electrons. The predicted octanol–water partition coefficient (Wildman–Crippen LogP) is 4.03. The molecule has 4 rings (SSSR count). The van der Waals surface area contributed by atoms with Crippen molar-refractivity contribution in [1.82, 2.24) is 14.7 Å². The molecule has 6 heteroatoms. The third kappa shape index (κ3) is 2.97. The fourth-order valence-corrected chi connectivity index (χ4v) is 3.59. The second-order valence-corrected chi connectivity index (χ2v) is 6.85. The van der Waals surface area contributed by atoms with E-state index in [4.69, 9.17) is 9.26 Å². The Morgan fingerprint density at radius 3 is 2.61 bits per heavy atom. The van der Waals surface area contributed by atoms with Crippen molar-refractivity contribution in [2.75, 3.05) is 7.11 Å². The van der Waals surface area contributed by atoms with E-state index in [9.17, 15) is 4.79 Å². The van der Waals surface area contributed by atoms with E-state index in [-0.39, 0.29) is 5.56 Å². The monoisotopic (exact) mass is 375 g/mol. The summed E-state index contributed by atoms with van der Waals surface area (Å²) >= 11 is 0. The van der Waals surface area contributed by atoms with E-state index in [0.717, 1.165) is 39.2 Å². The fraction of sp³-hybridized carbons (Fsp3) is 0.227. The van der Waals surface area contributed by atoms with Gasteiger partial charge in [-0.15, -0.1) is 0 Å². The van der Waals surface area contributed by atoms with E-state index in [2.05, 4.69) is 10.1 Å². The Balaban J connectivity index is 1.99. The summed E-state index contributed by atoms with van der Waals surface area (Å²) < 4.78 is 12.7. The normalized spacial score (nSPS) is 11.1. The summed E-state index contributed by atoms with van der Waals surface area (Å²) in [6.07, 6.45) is 1.73. The van der Waals surface area contributed by atoms with Crippen LogP contribution in [0.1, 0.15) is 22.7 Å². The number of pyridine rings is 2. The summed E-state index contributed by atoms with van der Waals surface area (Å²) in [5.41, 5.74) is 4.88. The molecule has 6 nitrogen and oxygen atoms in total. The van der Waals surface area contributed by atoms with Crippen LogP contribution >= 0.6 is 0 Å². The van der Waals surface area contributed by atoms with Crippen molar-refractivity contribution in [1.29, 1.82) is 0 Å². The van der Waals surface area contributed by atoms with Crippen molar-refractivity contribution >= 4 is 10.9 Å². The summed E-state index contributed by atoms with van der Waals surface area (Å²) in [4.78, 5) is 17.2. The first-order valence-corrected chi connectivity index (χ1v) is 9.05. The minimum Gasteiger partial charge on any atom is -0.496 e. The highest BCUT2D eigenvalue weighted by molar-refractivity contribution is 5.90. The number of hydrogen-bond acceptors (Lipinski definition) is 5. The lowest BCUT2D eigenvalue weighted by Crippen LogP contribution is -2.23. The maximum atomic E-state index is 12.9. The highest BCUT2D eigenvalue weighted by atomic mass is 16.5. The molecule has 0 atom stereocenters. The Hall–Kier alpha value is -3.41. The quantitative estimate of drug-likeness (QED) is 0.538. The SMILES string of the molecule is COc1cc2c(cc1-c1c(C)noc1C)cc(C)c(=O)n2Cc1ccccn1. The number of benzene rings is 1. The van der Waals surface area contributed by atoms with Gasteiger partial charge in [0, 0.05) is 23.4 Å². The van der Waals surface area contributed by atoms with Crippen molar-refractivity contribution in [3.05, 3.63) is 75.7 Å². The topological polar surface area (TPSA) is 70.2 Å². The van der Waals surface area contributed by atoms with Gasteiger partial charge < -0.3 is 13.8 Å². The summed E-state index contributed by atoms with van der Waals surface area (Å²) in [6.45, 7) is 6.01. The highest BCUT2D eigenvalue weighted by Gasteiger charge is 2.19. The average molecular weight is 375 g/mol. The maximum absolute atomic E-state index is 12.9. The van der Waals surface area contributed by atoms with Crippen LogP contribution in [0.15, 0.2) is 51.9 Å². The zero-order valence-corrected chi connectivity index (χ0v) is 16.3. The zero-order valence-electron chi connectivity index (χ0n) is 16.3. The van der Waals surface area contributed by atoms with Crippen molar-refractivity contribution < 1.29 is 9.26 Å². The molecule has 0 aliphatic heterocycles. The number of ether oxygens (including phenoxy) is 1. The molecule has 3 aromatic heterocycles. The van der Waals surface area contributed by atoms with Gasteiger partial charge in [-0.05, 0) is 50.4 Å². The van der Waals surface area contributed by atoms with Gasteiger partial charge >= 0.3 is 0 Å². The molecule has 4 aromatic rings. The maximum Gasteiger partial charge on any atom is 0.254 e. The van der Waals surface area contributed by atoms with Crippen LogP contribution in [0, 0.1) is 20.8 Å². The molecule has 0 aliphatic carbocycles. The van der Waals surface area contributed by atoms with Gasteiger partial charge in [-0.2, -0.15) is 0 Å². The largest absolute Gasteiger partial charge is 0.496 e. The van der Waals surface area contributed by atoms with Crippen LogP contribution in [0.2, 0.25) is 0 Å². The third-order valence-electron chi connectivity index (χ3n) is 4.94.